The number of hydrogen-bond acceptors (Lipinski definition) is 6. The average molecular weight is 504 g/mol. The van der Waals surface area contributed by atoms with Crippen molar-refractivity contribution < 1.29 is 14.3 Å². The van der Waals surface area contributed by atoms with Crippen molar-refractivity contribution in [2.75, 3.05) is 19.7 Å². The van der Waals surface area contributed by atoms with Crippen LogP contribution in [0.4, 0.5) is 0 Å². The fourth-order valence-electron chi connectivity index (χ4n) is 4.53. The Hall–Kier alpha value is -3.56. The first-order valence-electron chi connectivity index (χ1n) is 12.2. The molecular weight excluding hydrogens is 474 g/mol. The molecule has 0 bridgehead atoms. The average Bonchev–Trinajstić information content (AvgIpc) is 3.69. The Morgan fingerprint density at radius 1 is 1.11 bits per heavy atom. The fourth-order valence-corrected chi connectivity index (χ4v) is 5.37. The van der Waals surface area contributed by atoms with Crippen molar-refractivity contribution in [2.24, 2.45) is 0 Å². The van der Waals surface area contributed by atoms with Gasteiger partial charge in [-0.25, -0.2) is 4.68 Å². The van der Waals surface area contributed by atoms with E-state index in [1.807, 2.05) is 72.1 Å². The maximum absolute atomic E-state index is 13.8. The first-order chi connectivity index (χ1) is 17.7. The summed E-state index contributed by atoms with van der Waals surface area (Å²) in [5, 5.41) is 13.4. The van der Waals surface area contributed by atoms with Gasteiger partial charge >= 0.3 is 0 Å². The molecule has 1 aliphatic heterocycles. The van der Waals surface area contributed by atoms with E-state index < -0.39 is 6.04 Å². The van der Waals surface area contributed by atoms with Crippen LogP contribution in [0.1, 0.15) is 29.3 Å². The summed E-state index contributed by atoms with van der Waals surface area (Å²) >= 11 is 1.47. The van der Waals surface area contributed by atoms with Crippen molar-refractivity contribution in [2.45, 2.75) is 38.0 Å². The molecule has 0 radical (unpaired) electrons. The molecule has 0 saturated carbocycles. The largest absolute Gasteiger partial charge is 0.376 e. The van der Waals surface area contributed by atoms with Crippen molar-refractivity contribution >= 4 is 34.2 Å². The number of hydrogen-bond donors (Lipinski definition) is 1. The van der Waals surface area contributed by atoms with Crippen LogP contribution in [0, 0.1) is 0 Å². The Bertz CT molecular complexity index is 1290. The van der Waals surface area contributed by atoms with Gasteiger partial charge in [-0.2, -0.15) is 0 Å². The summed E-state index contributed by atoms with van der Waals surface area (Å²) in [7, 11) is 0. The van der Waals surface area contributed by atoms with E-state index >= 15 is 0 Å². The summed E-state index contributed by atoms with van der Waals surface area (Å²) < 4.78 is 7.29. The number of rotatable bonds is 10. The number of benzene rings is 2. The number of fused-ring (bicyclic) bond motifs is 1. The number of carbonyl (C=O) groups is 2. The zero-order chi connectivity index (χ0) is 24.7. The van der Waals surface area contributed by atoms with Crippen LogP contribution in [0.15, 0.2) is 72.1 Å². The zero-order valence-corrected chi connectivity index (χ0v) is 20.8. The van der Waals surface area contributed by atoms with E-state index in [-0.39, 0.29) is 24.5 Å². The molecule has 9 heteroatoms. The van der Waals surface area contributed by atoms with Gasteiger partial charge < -0.3 is 15.0 Å². The number of ether oxygens (including phenoxy) is 1. The van der Waals surface area contributed by atoms with Crippen LogP contribution in [-0.2, 0) is 27.3 Å². The second-order valence-corrected chi connectivity index (χ2v) is 9.84. The molecule has 5 rings (SSSR count). The topological polar surface area (TPSA) is 89.4 Å². The van der Waals surface area contributed by atoms with E-state index in [9.17, 15) is 9.59 Å². The lowest BCUT2D eigenvalue weighted by molar-refractivity contribution is -0.141. The smallest absolute Gasteiger partial charge is 0.248 e. The normalized spacial score (nSPS) is 16.2. The van der Waals surface area contributed by atoms with Gasteiger partial charge in [0.05, 0.1) is 11.6 Å². The molecule has 2 atom stereocenters. The summed E-state index contributed by atoms with van der Waals surface area (Å²) in [6.45, 7) is 1.55. The van der Waals surface area contributed by atoms with Crippen LogP contribution < -0.4 is 5.32 Å². The Labute approximate surface area is 213 Å². The Balaban J connectivity index is 1.41. The molecule has 1 N–H and O–H groups in total. The van der Waals surface area contributed by atoms with Gasteiger partial charge in [-0.05, 0) is 48.4 Å². The predicted octanol–water partition coefficient (Wildman–Crippen LogP) is 3.60. The minimum absolute atomic E-state index is 0.00378. The van der Waals surface area contributed by atoms with Gasteiger partial charge in [-0.1, -0.05) is 53.7 Å². The van der Waals surface area contributed by atoms with E-state index in [1.165, 1.54) is 11.3 Å². The van der Waals surface area contributed by atoms with Gasteiger partial charge in [-0.3, -0.25) is 9.59 Å². The first kappa shape index (κ1) is 24.1. The molecule has 2 aromatic carbocycles. The number of amides is 2. The molecule has 8 nitrogen and oxygen atoms in total. The van der Waals surface area contributed by atoms with Crippen molar-refractivity contribution in [3.8, 4) is 0 Å². The molecule has 0 unspecified atom stereocenters. The van der Waals surface area contributed by atoms with Gasteiger partial charge in [0.25, 0.3) is 0 Å². The summed E-state index contributed by atoms with van der Waals surface area (Å²) in [6, 6.07) is 20.6. The standard InChI is InChI=1S/C27H29N5O3S/c33-25(19-32-23-12-5-4-11-22(23)29-30-32)31(15-14-20-8-2-1-3-9-20)26(24-13-7-17-36-24)27(34)28-18-21-10-6-16-35-21/h1-5,7-9,11-13,17,21,26H,6,10,14-16,18-19H2,(H,28,34)/t21-,26-/m0/s1. The van der Waals surface area contributed by atoms with Gasteiger partial charge in [0.15, 0.2) is 0 Å². The number of nitrogens with one attached hydrogen (secondary N) is 1. The first-order valence-corrected chi connectivity index (χ1v) is 13.1. The van der Waals surface area contributed by atoms with E-state index in [2.05, 4.69) is 15.6 Å². The SMILES string of the molecule is O=C(NC[C@@H]1CCCO1)[C@H](c1cccs1)N(CCc1ccccc1)C(=O)Cn1nnc2ccccc21. The number of aromatic nitrogens is 3. The Morgan fingerprint density at radius 2 is 1.94 bits per heavy atom. The highest BCUT2D eigenvalue weighted by atomic mass is 32.1. The number of thiophene rings is 1. The van der Waals surface area contributed by atoms with Crippen molar-refractivity contribution in [1.82, 2.24) is 25.2 Å². The maximum Gasteiger partial charge on any atom is 0.248 e. The highest BCUT2D eigenvalue weighted by molar-refractivity contribution is 7.10. The summed E-state index contributed by atoms with van der Waals surface area (Å²) in [6.07, 6.45) is 2.58. The third-order valence-electron chi connectivity index (χ3n) is 6.41. The number of nitrogens with zero attached hydrogens (tertiary/aromatic N) is 4. The van der Waals surface area contributed by atoms with Crippen LogP contribution in [0.3, 0.4) is 0 Å². The van der Waals surface area contributed by atoms with Crippen LogP contribution in [0.5, 0.6) is 0 Å². The molecule has 0 aliphatic carbocycles. The Morgan fingerprint density at radius 3 is 2.72 bits per heavy atom. The minimum atomic E-state index is -0.739. The van der Waals surface area contributed by atoms with Crippen molar-refractivity contribution in [3.63, 3.8) is 0 Å². The highest BCUT2D eigenvalue weighted by Gasteiger charge is 2.33. The van der Waals surface area contributed by atoms with E-state index in [0.29, 0.717) is 19.5 Å². The molecule has 186 valence electrons. The van der Waals surface area contributed by atoms with Gasteiger partial charge in [-0.15, -0.1) is 16.4 Å². The van der Waals surface area contributed by atoms with Gasteiger partial charge in [0.1, 0.15) is 18.1 Å². The molecule has 2 amide bonds. The lowest BCUT2D eigenvalue weighted by Gasteiger charge is -2.31. The van der Waals surface area contributed by atoms with Crippen LogP contribution in [0.2, 0.25) is 0 Å². The lowest BCUT2D eigenvalue weighted by Crippen LogP contribution is -2.46. The lowest BCUT2D eigenvalue weighted by atomic mass is 10.1. The molecule has 3 heterocycles. The molecule has 1 saturated heterocycles. The highest BCUT2D eigenvalue weighted by Crippen LogP contribution is 2.27. The third kappa shape index (κ3) is 5.63. The third-order valence-corrected chi connectivity index (χ3v) is 7.34. The molecule has 1 aliphatic rings. The second-order valence-electron chi connectivity index (χ2n) is 8.86. The Kier molecular flexibility index (Phi) is 7.68. The second kappa shape index (κ2) is 11.5. The number of para-hydroxylation sites is 1. The monoisotopic (exact) mass is 503 g/mol. The van der Waals surface area contributed by atoms with Crippen molar-refractivity contribution in [1.29, 1.82) is 0 Å². The van der Waals surface area contributed by atoms with E-state index in [0.717, 1.165) is 40.9 Å². The van der Waals surface area contributed by atoms with Gasteiger partial charge in [0, 0.05) is 24.6 Å². The molecule has 36 heavy (non-hydrogen) atoms. The fraction of sp³-hybridized carbons (Fsp3) is 0.333. The van der Waals surface area contributed by atoms with Crippen LogP contribution >= 0.6 is 11.3 Å². The van der Waals surface area contributed by atoms with E-state index in [4.69, 9.17) is 4.74 Å². The summed E-state index contributed by atoms with van der Waals surface area (Å²) in [5.41, 5.74) is 2.61. The van der Waals surface area contributed by atoms with Crippen LogP contribution in [-0.4, -0.2) is 57.5 Å². The molecule has 4 aromatic rings. The molecular formula is C27H29N5O3S. The van der Waals surface area contributed by atoms with E-state index in [1.54, 1.807) is 9.58 Å². The summed E-state index contributed by atoms with van der Waals surface area (Å²) in [5.74, 6) is -0.384. The number of carbonyl (C=O) groups excluding carboxylic acids is 2. The minimum Gasteiger partial charge on any atom is -0.376 e. The van der Waals surface area contributed by atoms with Crippen LogP contribution in [0.25, 0.3) is 11.0 Å². The van der Waals surface area contributed by atoms with Crippen molar-refractivity contribution in [3.05, 3.63) is 82.6 Å². The van der Waals surface area contributed by atoms with Gasteiger partial charge in [0.2, 0.25) is 11.8 Å². The quantitative estimate of drug-likeness (QED) is 0.357. The summed E-state index contributed by atoms with van der Waals surface area (Å²) in [4.78, 5) is 29.9. The molecule has 2 aromatic heterocycles. The maximum atomic E-state index is 13.8. The zero-order valence-electron chi connectivity index (χ0n) is 20.0. The predicted molar refractivity (Wildman–Crippen MR) is 138 cm³/mol. The molecule has 0 spiro atoms. The molecule has 1 fully saturated rings.